The fourth-order valence-electron chi connectivity index (χ4n) is 2.89. The van der Waals surface area contributed by atoms with E-state index in [9.17, 15) is 0 Å². The average molecular weight is 277 g/mol. The van der Waals surface area contributed by atoms with E-state index in [1.165, 1.54) is 42.5 Å². The molecule has 0 radical (unpaired) electrons. The van der Waals surface area contributed by atoms with Crippen LogP contribution in [0.15, 0.2) is 42.0 Å². The van der Waals surface area contributed by atoms with Gasteiger partial charge in [-0.25, -0.2) is 0 Å². The fraction of sp³-hybridized carbons (Fsp3) is 0.438. The third-order valence-electron chi connectivity index (χ3n) is 3.82. The third-order valence-corrected chi connectivity index (χ3v) is 3.82. The summed E-state index contributed by atoms with van der Waals surface area (Å²) in [7, 11) is 0. The summed E-state index contributed by atoms with van der Waals surface area (Å²) in [5.74, 6) is 0. The van der Waals surface area contributed by atoms with E-state index < -0.39 is 0 Å². The van der Waals surface area contributed by atoms with Crippen molar-refractivity contribution >= 4 is 5.71 Å². The molecule has 19 heavy (non-hydrogen) atoms. The zero-order valence-corrected chi connectivity index (χ0v) is 12.0. The van der Waals surface area contributed by atoms with E-state index in [-0.39, 0.29) is 12.4 Å². The first-order valence-electron chi connectivity index (χ1n) is 7.04. The Kier molecular flexibility index (Phi) is 5.03. The zero-order valence-electron chi connectivity index (χ0n) is 11.2. The van der Waals surface area contributed by atoms with Crippen molar-refractivity contribution in [2.24, 2.45) is 0 Å². The van der Waals surface area contributed by atoms with E-state index in [2.05, 4.69) is 46.5 Å². The molecule has 0 bridgehead atoms. The first-order chi connectivity index (χ1) is 8.93. The summed E-state index contributed by atoms with van der Waals surface area (Å²) in [4.78, 5) is 0. The van der Waals surface area contributed by atoms with Gasteiger partial charge in [0.2, 0.25) is 5.71 Å². The Hall–Kier alpha value is -1.28. The lowest BCUT2D eigenvalue weighted by atomic mass is 9.95. The molecule has 0 aromatic heterocycles. The molecule has 2 nitrogen and oxygen atoms in total. The van der Waals surface area contributed by atoms with Crippen LogP contribution < -0.4 is 17.8 Å². The second-order valence-electron chi connectivity index (χ2n) is 5.14. The molecule has 102 valence electrons. The predicted octanol–water partition coefficient (Wildman–Crippen LogP) is -0.295. The van der Waals surface area contributed by atoms with Gasteiger partial charge in [0.05, 0.1) is 6.54 Å². The summed E-state index contributed by atoms with van der Waals surface area (Å²) in [5.41, 5.74) is 8.03. The Morgan fingerprint density at radius 2 is 1.95 bits per heavy atom. The highest BCUT2D eigenvalue weighted by Gasteiger charge is 2.25. The zero-order chi connectivity index (χ0) is 12.2. The number of rotatable bonds is 2. The number of allylic oxidation sites excluding steroid dienone is 1. The van der Waals surface area contributed by atoms with Gasteiger partial charge in [0.1, 0.15) is 0 Å². The van der Waals surface area contributed by atoms with Gasteiger partial charge in [0, 0.05) is 24.8 Å². The number of hydrogen-bond donors (Lipinski definition) is 1. The van der Waals surface area contributed by atoms with E-state index in [0.717, 1.165) is 19.5 Å². The second-order valence-corrected chi connectivity index (χ2v) is 5.14. The largest absolute Gasteiger partial charge is 1.00 e. The Bertz CT molecular complexity index is 477. The summed E-state index contributed by atoms with van der Waals surface area (Å²) in [5, 5.41) is 0. The second kappa shape index (κ2) is 6.76. The van der Waals surface area contributed by atoms with E-state index in [1.807, 2.05) is 0 Å². The molecule has 2 aliphatic rings. The van der Waals surface area contributed by atoms with Crippen molar-refractivity contribution in [3.05, 3.63) is 47.5 Å². The van der Waals surface area contributed by atoms with Crippen LogP contribution in [-0.4, -0.2) is 23.5 Å². The van der Waals surface area contributed by atoms with Crippen LogP contribution >= 0.6 is 0 Å². The van der Waals surface area contributed by atoms with Gasteiger partial charge in [0.25, 0.3) is 0 Å². The molecule has 0 amide bonds. The molecule has 1 N–H and O–H groups in total. The molecule has 1 aromatic carbocycles. The summed E-state index contributed by atoms with van der Waals surface area (Å²) in [6, 6.07) is 10.8. The highest BCUT2D eigenvalue weighted by molar-refractivity contribution is 5.97. The number of hydrazine groups is 1. The number of hydrazone groups is 1. The van der Waals surface area contributed by atoms with E-state index >= 15 is 0 Å². The predicted molar refractivity (Wildman–Crippen MR) is 74.8 cm³/mol. The van der Waals surface area contributed by atoms with E-state index in [0.29, 0.717) is 0 Å². The monoisotopic (exact) mass is 276 g/mol. The van der Waals surface area contributed by atoms with Gasteiger partial charge in [-0.1, -0.05) is 36.4 Å². The first-order valence-corrected chi connectivity index (χ1v) is 7.04. The molecule has 0 unspecified atom stereocenters. The van der Waals surface area contributed by atoms with Crippen molar-refractivity contribution in [3.8, 4) is 0 Å². The quantitative estimate of drug-likeness (QED) is 0.734. The van der Waals surface area contributed by atoms with Gasteiger partial charge >= 0.3 is 0 Å². The van der Waals surface area contributed by atoms with Gasteiger partial charge < -0.3 is 12.4 Å². The van der Waals surface area contributed by atoms with Gasteiger partial charge in [-0.2, -0.15) is 5.43 Å². The summed E-state index contributed by atoms with van der Waals surface area (Å²) in [6.07, 6.45) is 8.51. The van der Waals surface area contributed by atoms with Crippen LogP contribution in [0.5, 0.6) is 0 Å². The SMILES string of the molecule is C1=C(Cc2ccccc2)C2=[N+](CC1)NCCCC2.[Cl-]. The average Bonchev–Trinajstić information content (AvgIpc) is 2.66. The fourth-order valence-corrected chi connectivity index (χ4v) is 2.89. The minimum atomic E-state index is 0. The topological polar surface area (TPSA) is 15.0 Å². The number of halogens is 1. The lowest BCUT2D eigenvalue weighted by Gasteiger charge is -2.14. The van der Waals surface area contributed by atoms with Crippen molar-refractivity contribution in [1.29, 1.82) is 0 Å². The van der Waals surface area contributed by atoms with Crippen molar-refractivity contribution in [1.82, 2.24) is 5.43 Å². The van der Waals surface area contributed by atoms with Crippen LogP contribution in [0.2, 0.25) is 0 Å². The maximum atomic E-state index is 3.55. The lowest BCUT2D eigenvalue weighted by molar-refractivity contribution is -0.587. The van der Waals surface area contributed by atoms with Crippen LogP contribution in [0.1, 0.15) is 31.2 Å². The molecule has 0 aliphatic carbocycles. The number of hydrogen-bond acceptors (Lipinski definition) is 1. The van der Waals surface area contributed by atoms with Crippen molar-refractivity contribution in [2.45, 2.75) is 32.1 Å². The Balaban J connectivity index is 0.00000133. The molecule has 3 rings (SSSR count). The van der Waals surface area contributed by atoms with E-state index in [4.69, 9.17) is 0 Å². The smallest absolute Gasteiger partial charge is 0.208 e. The Morgan fingerprint density at radius 1 is 1.11 bits per heavy atom. The first kappa shape index (κ1) is 14.1. The van der Waals surface area contributed by atoms with Crippen molar-refractivity contribution in [2.75, 3.05) is 13.1 Å². The van der Waals surface area contributed by atoms with Crippen LogP contribution in [0.4, 0.5) is 0 Å². The van der Waals surface area contributed by atoms with Crippen molar-refractivity contribution in [3.63, 3.8) is 0 Å². The van der Waals surface area contributed by atoms with E-state index in [1.54, 1.807) is 0 Å². The van der Waals surface area contributed by atoms with Gasteiger partial charge in [-0.3, -0.25) is 0 Å². The molecule has 3 heteroatoms. The minimum Gasteiger partial charge on any atom is -1.00 e. The number of nitrogens with zero attached hydrogens (tertiary/aromatic N) is 1. The Labute approximate surface area is 121 Å². The minimum absolute atomic E-state index is 0. The van der Waals surface area contributed by atoms with Gasteiger partial charge in [-0.15, -0.1) is 4.68 Å². The van der Waals surface area contributed by atoms with Gasteiger partial charge in [-0.05, 0) is 18.4 Å². The third kappa shape index (κ3) is 3.38. The molecule has 2 aliphatic heterocycles. The molecule has 0 saturated heterocycles. The summed E-state index contributed by atoms with van der Waals surface area (Å²) >= 11 is 0. The lowest BCUT2D eigenvalue weighted by Crippen LogP contribution is -3.00. The maximum absolute atomic E-state index is 3.55. The van der Waals surface area contributed by atoms with Crippen LogP contribution in [0.3, 0.4) is 0 Å². The number of nitrogens with one attached hydrogen (secondary N) is 1. The maximum Gasteiger partial charge on any atom is 0.208 e. The Morgan fingerprint density at radius 3 is 2.79 bits per heavy atom. The molecule has 0 saturated carbocycles. The van der Waals surface area contributed by atoms with Gasteiger partial charge in [0.15, 0.2) is 6.54 Å². The molecule has 0 spiro atoms. The van der Waals surface area contributed by atoms with Crippen LogP contribution in [0, 0.1) is 0 Å². The summed E-state index contributed by atoms with van der Waals surface area (Å²) in [6.45, 7) is 2.26. The van der Waals surface area contributed by atoms with Crippen LogP contribution in [-0.2, 0) is 6.42 Å². The normalized spacial score (nSPS) is 18.6. The standard InChI is InChI=1S/C16H21N2.ClH/c1-2-7-14(8-3-1)13-15-9-6-12-18-16(15)10-4-5-11-17-18;/h1-3,7-9,17H,4-6,10-13H2;1H/q+1;/p-1. The molecule has 2 heterocycles. The molecular formula is C16H21ClN2. The highest BCUT2D eigenvalue weighted by atomic mass is 35.5. The molecule has 0 atom stereocenters. The molecule has 0 fully saturated rings. The summed E-state index contributed by atoms with van der Waals surface area (Å²) < 4.78 is 2.39. The molecule has 1 aromatic rings. The highest BCUT2D eigenvalue weighted by Crippen LogP contribution is 2.18. The molecular weight excluding hydrogens is 256 g/mol. The van der Waals surface area contributed by atoms with Crippen LogP contribution in [0.25, 0.3) is 0 Å². The number of benzene rings is 1. The van der Waals surface area contributed by atoms with Crippen molar-refractivity contribution < 1.29 is 17.1 Å².